The molecule has 0 saturated carbocycles. The van der Waals surface area contributed by atoms with Gasteiger partial charge < -0.3 is 4.74 Å². The third-order valence-corrected chi connectivity index (χ3v) is 3.21. The van der Waals surface area contributed by atoms with E-state index in [-0.39, 0.29) is 10.9 Å². The first-order valence-electron chi connectivity index (χ1n) is 7.60. The van der Waals surface area contributed by atoms with Gasteiger partial charge in [0.15, 0.2) is 5.82 Å². The fourth-order valence-corrected chi connectivity index (χ4v) is 2.51. The second-order valence-corrected chi connectivity index (χ2v) is 8.03. The van der Waals surface area contributed by atoms with Crippen molar-refractivity contribution in [3.63, 3.8) is 0 Å². The number of hydrogen-bond donors (Lipinski definition) is 0. The highest BCUT2D eigenvalue weighted by Crippen LogP contribution is 2.31. The maximum Gasteiger partial charge on any atom is 0.419 e. The second kappa shape index (κ2) is 5.62. The average molecular weight is 323 g/mol. The van der Waals surface area contributed by atoms with E-state index in [0.29, 0.717) is 11.8 Å². The van der Waals surface area contributed by atoms with E-state index < -0.39 is 23.3 Å². The highest BCUT2D eigenvalue weighted by molar-refractivity contribution is 5.92. The van der Waals surface area contributed by atoms with Crippen molar-refractivity contribution in [3.05, 3.63) is 35.5 Å². The van der Waals surface area contributed by atoms with Crippen molar-refractivity contribution in [3.8, 4) is 0 Å². The molecule has 0 N–H and O–H groups in total. The lowest BCUT2D eigenvalue weighted by atomic mass is 9.88. The summed E-state index contributed by atoms with van der Waals surface area (Å²) < 4.78 is 34.4. The summed E-state index contributed by atoms with van der Waals surface area (Å²) in [5.74, 6) is -1.43. The smallest absolute Gasteiger partial charge is 0.419 e. The molecule has 0 unspecified atom stereocenters. The number of fused-ring (bicyclic) bond motifs is 1. The van der Waals surface area contributed by atoms with Crippen LogP contribution >= 0.6 is 0 Å². The topological polar surface area (TPSA) is 31.2 Å². The molecule has 1 aromatic carbocycles. The average Bonchev–Trinajstić information content (AvgIpc) is 2.64. The minimum atomic E-state index is -0.772. The van der Waals surface area contributed by atoms with Crippen LogP contribution in [0, 0.1) is 17.0 Å². The van der Waals surface area contributed by atoms with Gasteiger partial charge in [-0.25, -0.2) is 18.1 Å². The van der Waals surface area contributed by atoms with Gasteiger partial charge in [-0.05, 0) is 44.2 Å². The Morgan fingerprint density at radius 1 is 1.13 bits per heavy atom. The van der Waals surface area contributed by atoms with E-state index in [1.165, 1.54) is 6.07 Å². The third kappa shape index (κ3) is 4.09. The van der Waals surface area contributed by atoms with Crippen LogP contribution in [0.5, 0.6) is 0 Å². The van der Waals surface area contributed by atoms with Gasteiger partial charge in [0.05, 0.1) is 5.52 Å². The molecule has 1 aromatic heterocycles. The number of aromatic nitrogens is 1. The Morgan fingerprint density at radius 2 is 1.74 bits per heavy atom. The molecule has 0 fully saturated rings. The molecular formula is C18H23F2NO2. The molecule has 2 aromatic rings. The van der Waals surface area contributed by atoms with Crippen LogP contribution in [-0.4, -0.2) is 16.3 Å². The number of nitrogens with zero attached hydrogens (tertiary/aromatic N) is 1. The summed E-state index contributed by atoms with van der Waals surface area (Å²) in [4.78, 5) is 12.4. The highest BCUT2D eigenvalue weighted by atomic mass is 19.1. The molecule has 0 aliphatic carbocycles. The number of hydrogen-bond acceptors (Lipinski definition) is 2. The first kappa shape index (κ1) is 17.4. The van der Waals surface area contributed by atoms with Gasteiger partial charge in [-0.2, -0.15) is 0 Å². The standard InChI is InChI=1S/C18H23F2NO2/c1-17(2,3)9-11-10-21(16(22)23-18(4,5)6)15-13(11)7-12(19)8-14(15)20/h7-8,10H,9H2,1-6H3. The maximum absolute atomic E-state index is 14.3. The number of carbonyl (C=O) groups excluding carboxylic acids is 1. The van der Waals surface area contributed by atoms with Crippen LogP contribution < -0.4 is 0 Å². The van der Waals surface area contributed by atoms with Crippen LogP contribution in [-0.2, 0) is 11.2 Å². The van der Waals surface area contributed by atoms with Crippen molar-refractivity contribution < 1.29 is 18.3 Å². The molecule has 0 aliphatic heterocycles. The van der Waals surface area contributed by atoms with Gasteiger partial charge in [0, 0.05) is 17.6 Å². The minimum absolute atomic E-state index is 0.0555. The van der Waals surface area contributed by atoms with Crippen molar-refractivity contribution in [2.24, 2.45) is 5.41 Å². The number of ether oxygens (including phenoxy) is 1. The predicted octanol–water partition coefficient (Wildman–Crippen LogP) is 5.29. The van der Waals surface area contributed by atoms with Crippen LogP contribution in [0.15, 0.2) is 18.3 Å². The van der Waals surface area contributed by atoms with E-state index in [9.17, 15) is 13.6 Å². The molecule has 0 radical (unpaired) electrons. The quantitative estimate of drug-likeness (QED) is 0.714. The maximum atomic E-state index is 14.3. The van der Waals surface area contributed by atoms with Gasteiger partial charge in [0.1, 0.15) is 11.4 Å². The highest BCUT2D eigenvalue weighted by Gasteiger charge is 2.24. The lowest BCUT2D eigenvalue weighted by molar-refractivity contribution is 0.0543. The first-order valence-corrected chi connectivity index (χ1v) is 7.60. The Kier molecular flexibility index (Phi) is 4.26. The third-order valence-electron chi connectivity index (χ3n) is 3.21. The van der Waals surface area contributed by atoms with Gasteiger partial charge in [-0.1, -0.05) is 20.8 Å². The lowest BCUT2D eigenvalue weighted by Gasteiger charge is -2.20. The number of halogens is 2. The molecule has 2 rings (SSSR count). The van der Waals surface area contributed by atoms with E-state index in [1.807, 2.05) is 20.8 Å². The summed E-state index contributed by atoms with van der Waals surface area (Å²) >= 11 is 0. The van der Waals surface area contributed by atoms with Gasteiger partial charge in [-0.15, -0.1) is 0 Å². The molecule has 3 nitrogen and oxygen atoms in total. The Morgan fingerprint density at radius 3 is 2.26 bits per heavy atom. The summed E-state index contributed by atoms with van der Waals surface area (Å²) in [6, 6.07) is 2.05. The van der Waals surface area contributed by atoms with E-state index in [4.69, 9.17) is 4.74 Å². The fraction of sp³-hybridized carbons (Fsp3) is 0.500. The van der Waals surface area contributed by atoms with Crippen LogP contribution in [0.3, 0.4) is 0 Å². The van der Waals surface area contributed by atoms with Gasteiger partial charge in [-0.3, -0.25) is 0 Å². The molecule has 0 spiro atoms. The molecule has 23 heavy (non-hydrogen) atoms. The minimum Gasteiger partial charge on any atom is -0.443 e. The number of benzene rings is 1. The predicted molar refractivity (Wildman–Crippen MR) is 86.6 cm³/mol. The normalized spacial score (nSPS) is 12.7. The van der Waals surface area contributed by atoms with E-state index >= 15 is 0 Å². The molecular weight excluding hydrogens is 300 g/mol. The molecule has 0 bridgehead atoms. The Hall–Kier alpha value is -1.91. The number of carbonyl (C=O) groups is 1. The zero-order chi connectivity index (χ0) is 17.6. The van der Waals surface area contributed by atoms with Gasteiger partial charge in [0.25, 0.3) is 0 Å². The molecule has 1 heterocycles. The van der Waals surface area contributed by atoms with E-state index in [1.54, 1.807) is 27.0 Å². The Labute approximate surface area is 135 Å². The van der Waals surface area contributed by atoms with Crippen LogP contribution in [0.4, 0.5) is 13.6 Å². The van der Waals surface area contributed by atoms with Gasteiger partial charge in [0.2, 0.25) is 0 Å². The van der Waals surface area contributed by atoms with E-state index in [0.717, 1.165) is 16.2 Å². The van der Waals surface area contributed by atoms with Gasteiger partial charge >= 0.3 is 6.09 Å². The fourth-order valence-electron chi connectivity index (χ4n) is 2.51. The summed E-state index contributed by atoms with van der Waals surface area (Å²) in [6.07, 6.45) is 1.46. The van der Waals surface area contributed by atoms with Crippen molar-refractivity contribution in [1.82, 2.24) is 4.57 Å². The summed E-state index contributed by atoms with van der Waals surface area (Å²) in [5.41, 5.74) is -0.0128. The first-order chi connectivity index (χ1) is 10.4. The second-order valence-electron chi connectivity index (χ2n) is 8.03. The largest absolute Gasteiger partial charge is 0.443 e. The molecule has 0 saturated heterocycles. The van der Waals surface area contributed by atoms with Crippen molar-refractivity contribution in [2.75, 3.05) is 0 Å². The monoisotopic (exact) mass is 323 g/mol. The lowest BCUT2D eigenvalue weighted by Crippen LogP contribution is -2.27. The van der Waals surface area contributed by atoms with Crippen LogP contribution in [0.2, 0.25) is 0 Å². The molecule has 5 heteroatoms. The Bertz CT molecular complexity index is 749. The zero-order valence-corrected chi connectivity index (χ0v) is 14.5. The summed E-state index contributed by atoms with van der Waals surface area (Å²) in [5, 5.41) is 0.406. The summed E-state index contributed by atoms with van der Waals surface area (Å²) in [7, 11) is 0. The number of rotatable bonds is 1. The van der Waals surface area contributed by atoms with Crippen molar-refractivity contribution in [2.45, 2.75) is 53.6 Å². The SMILES string of the molecule is CC(C)(C)Cc1cn(C(=O)OC(C)(C)C)c2c(F)cc(F)cc12. The Balaban J connectivity index is 2.63. The van der Waals surface area contributed by atoms with Crippen molar-refractivity contribution in [1.29, 1.82) is 0 Å². The van der Waals surface area contributed by atoms with Crippen molar-refractivity contribution >= 4 is 17.0 Å². The summed E-state index contributed by atoms with van der Waals surface area (Å²) in [6.45, 7) is 11.3. The van der Waals surface area contributed by atoms with Crippen LogP contribution in [0.1, 0.15) is 47.1 Å². The molecule has 0 atom stereocenters. The molecule has 0 amide bonds. The van der Waals surface area contributed by atoms with E-state index in [2.05, 4.69) is 0 Å². The molecule has 0 aliphatic rings. The zero-order valence-electron chi connectivity index (χ0n) is 14.5. The molecule has 126 valence electrons. The van der Waals surface area contributed by atoms with Crippen LogP contribution in [0.25, 0.3) is 10.9 Å².